The third kappa shape index (κ3) is 5.51. The summed E-state index contributed by atoms with van der Waals surface area (Å²) in [6.07, 6.45) is 1.90. The third-order valence-electron chi connectivity index (χ3n) is 3.17. The summed E-state index contributed by atoms with van der Waals surface area (Å²) in [6, 6.07) is 7.85. The van der Waals surface area contributed by atoms with Crippen LogP contribution in [0.25, 0.3) is 0 Å². The van der Waals surface area contributed by atoms with E-state index < -0.39 is 0 Å². The highest BCUT2D eigenvalue weighted by Gasteiger charge is 2.11. The Labute approximate surface area is 121 Å². The minimum absolute atomic E-state index is 0.0516. The van der Waals surface area contributed by atoms with Gasteiger partial charge in [-0.2, -0.15) is 0 Å². The highest BCUT2D eigenvalue weighted by atomic mass is 16.5. The lowest BCUT2D eigenvalue weighted by molar-refractivity contribution is 0.234. The van der Waals surface area contributed by atoms with E-state index in [9.17, 15) is 4.79 Å². The van der Waals surface area contributed by atoms with E-state index in [0.717, 1.165) is 24.2 Å². The van der Waals surface area contributed by atoms with Crippen molar-refractivity contribution >= 4 is 6.03 Å². The smallest absolute Gasteiger partial charge is 0.315 e. The number of hydrogen-bond donors (Lipinski definition) is 2. The van der Waals surface area contributed by atoms with Crippen LogP contribution in [-0.4, -0.2) is 18.7 Å². The molecule has 0 aliphatic heterocycles. The summed E-state index contributed by atoms with van der Waals surface area (Å²) in [5.41, 5.74) is 1.04. The van der Waals surface area contributed by atoms with Crippen molar-refractivity contribution in [1.82, 2.24) is 10.6 Å². The maximum absolute atomic E-state index is 11.8. The predicted molar refractivity (Wildman–Crippen MR) is 82.1 cm³/mol. The van der Waals surface area contributed by atoms with Crippen LogP contribution in [0.1, 0.15) is 52.1 Å². The molecule has 4 nitrogen and oxygen atoms in total. The highest BCUT2D eigenvalue weighted by molar-refractivity contribution is 5.74. The van der Waals surface area contributed by atoms with Gasteiger partial charge in [0.25, 0.3) is 0 Å². The fourth-order valence-electron chi connectivity index (χ4n) is 1.74. The maximum atomic E-state index is 11.8. The molecular weight excluding hydrogens is 252 g/mol. The number of carbonyl (C=O) groups is 1. The second-order valence-electron chi connectivity index (χ2n) is 5.07. The zero-order valence-electron chi connectivity index (χ0n) is 12.9. The Bertz CT molecular complexity index is 421. The van der Waals surface area contributed by atoms with E-state index >= 15 is 0 Å². The average Bonchev–Trinajstić information content (AvgIpc) is 2.45. The number of benzene rings is 1. The first-order valence-electron chi connectivity index (χ1n) is 7.36. The lowest BCUT2D eigenvalue weighted by Gasteiger charge is -2.18. The maximum Gasteiger partial charge on any atom is 0.315 e. The van der Waals surface area contributed by atoms with E-state index in [1.54, 1.807) is 0 Å². The van der Waals surface area contributed by atoms with Crippen molar-refractivity contribution in [3.05, 3.63) is 29.8 Å². The Kier molecular flexibility index (Phi) is 6.91. The molecule has 20 heavy (non-hydrogen) atoms. The van der Waals surface area contributed by atoms with Crippen LogP contribution >= 0.6 is 0 Å². The van der Waals surface area contributed by atoms with Crippen LogP contribution in [0, 0.1) is 0 Å². The molecule has 0 saturated carbocycles. The number of urea groups is 1. The largest absolute Gasteiger partial charge is 0.494 e. The van der Waals surface area contributed by atoms with Gasteiger partial charge in [0.1, 0.15) is 5.75 Å². The van der Waals surface area contributed by atoms with Crippen molar-refractivity contribution in [1.29, 1.82) is 0 Å². The molecular formula is C16H26N2O2. The zero-order valence-corrected chi connectivity index (χ0v) is 12.9. The minimum atomic E-state index is -0.133. The lowest BCUT2D eigenvalue weighted by atomic mass is 10.1. The quantitative estimate of drug-likeness (QED) is 0.800. The summed E-state index contributed by atoms with van der Waals surface area (Å²) in [5, 5.41) is 5.84. The molecule has 0 aliphatic carbocycles. The Morgan fingerprint density at radius 3 is 2.65 bits per heavy atom. The molecule has 4 heteroatoms. The minimum Gasteiger partial charge on any atom is -0.494 e. The van der Waals surface area contributed by atoms with Crippen LogP contribution in [0.2, 0.25) is 0 Å². The van der Waals surface area contributed by atoms with Crippen molar-refractivity contribution in [2.24, 2.45) is 0 Å². The summed E-state index contributed by atoms with van der Waals surface area (Å²) in [7, 11) is 0. The second-order valence-corrected chi connectivity index (χ2v) is 5.07. The molecule has 0 fully saturated rings. The Morgan fingerprint density at radius 2 is 2.00 bits per heavy atom. The van der Waals surface area contributed by atoms with E-state index in [-0.39, 0.29) is 18.1 Å². The molecule has 0 aromatic heterocycles. The molecule has 0 aliphatic rings. The van der Waals surface area contributed by atoms with Gasteiger partial charge >= 0.3 is 6.03 Å². The van der Waals surface area contributed by atoms with Crippen molar-refractivity contribution in [2.45, 2.75) is 52.6 Å². The zero-order chi connectivity index (χ0) is 15.0. The van der Waals surface area contributed by atoms with Crippen molar-refractivity contribution in [3.8, 4) is 5.75 Å². The van der Waals surface area contributed by atoms with Crippen LogP contribution < -0.4 is 15.4 Å². The molecule has 0 saturated heterocycles. The monoisotopic (exact) mass is 278 g/mol. The van der Waals surface area contributed by atoms with Gasteiger partial charge in [-0.3, -0.25) is 0 Å². The fourth-order valence-corrected chi connectivity index (χ4v) is 1.74. The van der Waals surface area contributed by atoms with Crippen LogP contribution in [0.5, 0.6) is 5.75 Å². The molecule has 2 amide bonds. The van der Waals surface area contributed by atoms with Gasteiger partial charge in [-0.25, -0.2) is 4.79 Å². The number of carbonyl (C=O) groups excluding carboxylic acids is 1. The van der Waals surface area contributed by atoms with Gasteiger partial charge < -0.3 is 15.4 Å². The van der Waals surface area contributed by atoms with E-state index in [1.165, 1.54) is 0 Å². The average molecular weight is 278 g/mol. The molecule has 0 heterocycles. The van der Waals surface area contributed by atoms with Crippen LogP contribution in [0.3, 0.4) is 0 Å². The fraction of sp³-hybridized carbons (Fsp3) is 0.562. The topological polar surface area (TPSA) is 50.4 Å². The van der Waals surface area contributed by atoms with Crippen LogP contribution in [0.15, 0.2) is 24.3 Å². The first-order chi connectivity index (χ1) is 9.56. The molecule has 1 aromatic carbocycles. The van der Waals surface area contributed by atoms with Gasteiger partial charge in [0.15, 0.2) is 0 Å². The van der Waals surface area contributed by atoms with Crippen LogP contribution in [0.4, 0.5) is 4.79 Å². The molecule has 2 N–H and O–H groups in total. The predicted octanol–water partition coefficient (Wildman–Crippen LogP) is 3.63. The van der Waals surface area contributed by atoms with Gasteiger partial charge in [0, 0.05) is 6.04 Å². The number of ether oxygens (including phenoxy) is 1. The van der Waals surface area contributed by atoms with Crippen molar-refractivity contribution < 1.29 is 9.53 Å². The van der Waals surface area contributed by atoms with Gasteiger partial charge in [0.05, 0.1) is 12.6 Å². The summed E-state index contributed by atoms with van der Waals surface area (Å²) in [5.74, 6) is 0.848. The second kappa shape index (κ2) is 8.46. The summed E-state index contributed by atoms with van der Waals surface area (Å²) in [4.78, 5) is 11.8. The molecule has 2 unspecified atom stereocenters. The molecule has 0 radical (unpaired) electrons. The molecule has 1 aromatic rings. The molecule has 0 bridgehead atoms. The summed E-state index contributed by atoms with van der Waals surface area (Å²) < 4.78 is 5.60. The van der Waals surface area contributed by atoms with E-state index in [2.05, 4.69) is 17.6 Å². The van der Waals surface area contributed by atoms with Gasteiger partial charge in [0.2, 0.25) is 0 Å². The van der Waals surface area contributed by atoms with Gasteiger partial charge in [-0.05, 0) is 44.4 Å². The van der Waals surface area contributed by atoms with Crippen molar-refractivity contribution in [2.75, 3.05) is 6.61 Å². The van der Waals surface area contributed by atoms with Crippen molar-refractivity contribution in [3.63, 3.8) is 0 Å². The molecule has 0 spiro atoms. The van der Waals surface area contributed by atoms with E-state index in [1.807, 2.05) is 45.0 Å². The van der Waals surface area contributed by atoms with E-state index in [0.29, 0.717) is 6.61 Å². The number of amides is 2. The SMILES string of the molecule is CCCOc1cccc(C(C)NC(=O)NC(C)CC)c1. The van der Waals surface area contributed by atoms with Gasteiger partial charge in [-0.1, -0.05) is 26.0 Å². The number of rotatable bonds is 7. The number of nitrogens with one attached hydrogen (secondary N) is 2. The molecule has 1 rings (SSSR count). The Balaban J connectivity index is 2.58. The highest BCUT2D eigenvalue weighted by Crippen LogP contribution is 2.19. The first kappa shape index (κ1) is 16.3. The first-order valence-corrected chi connectivity index (χ1v) is 7.36. The van der Waals surface area contributed by atoms with E-state index in [4.69, 9.17) is 4.74 Å². The number of hydrogen-bond acceptors (Lipinski definition) is 2. The molecule has 112 valence electrons. The Hall–Kier alpha value is -1.71. The lowest BCUT2D eigenvalue weighted by Crippen LogP contribution is -2.41. The van der Waals surface area contributed by atoms with Crippen LogP contribution in [-0.2, 0) is 0 Å². The molecule has 2 atom stereocenters. The van der Waals surface area contributed by atoms with Gasteiger partial charge in [-0.15, -0.1) is 0 Å². The summed E-state index contributed by atoms with van der Waals surface area (Å²) >= 11 is 0. The normalized spacial score (nSPS) is 13.4. The third-order valence-corrected chi connectivity index (χ3v) is 3.17. The standard InChI is InChI=1S/C16H26N2O2/c1-5-10-20-15-9-7-8-14(11-15)13(4)18-16(19)17-12(3)6-2/h7-9,11-13H,5-6,10H2,1-4H3,(H2,17,18,19). The Morgan fingerprint density at radius 1 is 1.25 bits per heavy atom. The summed E-state index contributed by atoms with van der Waals surface area (Å²) in [6.45, 7) is 8.79.